The molecule has 1 atom stereocenters. The van der Waals surface area contributed by atoms with E-state index in [1.165, 1.54) is 11.3 Å². The van der Waals surface area contributed by atoms with Gasteiger partial charge in [-0.05, 0) is 13.8 Å². The Morgan fingerprint density at radius 1 is 1.82 bits per heavy atom. The molecule has 1 rings (SSSR count). The maximum absolute atomic E-state index is 10.3. The first-order valence-corrected chi connectivity index (χ1v) is 3.98. The van der Waals surface area contributed by atoms with Crippen LogP contribution >= 0.6 is 11.3 Å². The van der Waals surface area contributed by atoms with Gasteiger partial charge in [0.15, 0.2) is 0 Å². The van der Waals surface area contributed by atoms with Gasteiger partial charge < -0.3 is 5.32 Å². The van der Waals surface area contributed by atoms with Crippen molar-refractivity contribution in [3.8, 4) is 0 Å². The summed E-state index contributed by atoms with van der Waals surface area (Å²) in [6.07, 6.45) is -0.796. The highest BCUT2D eigenvalue weighted by atomic mass is 32.1. The molecule has 0 aliphatic heterocycles. The quantitative estimate of drug-likeness (QED) is 0.666. The second-order valence-corrected chi connectivity index (χ2v) is 3.34. The molecule has 1 unspecified atom stereocenters. The minimum absolute atomic E-state index is 0.221. The molecule has 4 nitrogen and oxygen atoms in total. The van der Waals surface area contributed by atoms with Crippen LogP contribution in [0.15, 0.2) is 0 Å². The van der Waals surface area contributed by atoms with Crippen LogP contribution in [0.1, 0.15) is 24.4 Å². The molecule has 0 aliphatic carbocycles. The molecular weight excluding hydrogens is 162 g/mol. The second kappa shape index (κ2) is 3.43. The Bertz CT molecular complexity index is 288. The van der Waals surface area contributed by atoms with Gasteiger partial charge in [-0.3, -0.25) is 4.79 Å². The summed E-state index contributed by atoms with van der Waals surface area (Å²) in [6, 6.07) is -0.221. The van der Waals surface area contributed by atoms with Gasteiger partial charge in [-0.1, -0.05) is 11.3 Å². The van der Waals surface area contributed by atoms with Crippen molar-refractivity contribution in [1.82, 2.24) is 15.5 Å². The van der Waals surface area contributed by atoms with Gasteiger partial charge >= 0.3 is 0 Å². The first-order valence-electron chi connectivity index (χ1n) is 3.66. The number of amides is 1. The van der Waals surface area contributed by atoms with Gasteiger partial charge in [0.1, 0.15) is 11.4 Å². The highest BCUT2D eigenvalue weighted by molar-refractivity contribution is 7.11. The summed E-state index contributed by atoms with van der Waals surface area (Å²) < 4.78 is 6.67. The van der Waals surface area contributed by atoms with Crippen molar-refractivity contribution in [2.45, 2.75) is 19.9 Å². The number of aromatic nitrogens is 2. The summed E-state index contributed by atoms with van der Waals surface area (Å²) in [6.45, 7) is 3.61. The summed E-state index contributed by atoms with van der Waals surface area (Å²) in [7, 11) is 0. The zero-order valence-corrected chi connectivity index (χ0v) is 7.10. The average molecular weight is 172 g/mol. The largest absolute Gasteiger partial charge is 0.350 e. The van der Waals surface area contributed by atoms with Gasteiger partial charge in [0.25, 0.3) is 0 Å². The lowest BCUT2D eigenvalue weighted by molar-refractivity contribution is -0.110. The van der Waals surface area contributed by atoms with Crippen molar-refractivity contribution in [2.75, 3.05) is 0 Å². The van der Waals surface area contributed by atoms with E-state index in [-0.39, 0.29) is 6.04 Å². The lowest BCUT2D eigenvalue weighted by Gasteiger charge is -2.02. The monoisotopic (exact) mass is 172 g/mol. The molecule has 5 heteroatoms. The van der Waals surface area contributed by atoms with Crippen LogP contribution in [0.25, 0.3) is 0 Å². The molecule has 1 heterocycles. The van der Waals surface area contributed by atoms with Crippen LogP contribution in [0.4, 0.5) is 0 Å². The minimum Gasteiger partial charge on any atom is -0.350 e. The highest BCUT2D eigenvalue weighted by Gasteiger charge is 2.07. The molecular formula is C6H9N3OS. The van der Waals surface area contributed by atoms with E-state index in [0.29, 0.717) is 0 Å². The lowest BCUT2D eigenvalue weighted by Crippen LogP contribution is -2.15. The normalized spacial score (nSPS) is 13.8. The van der Waals surface area contributed by atoms with Crippen molar-refractivity contribution in [2.24, 2.45) is 0 Å². The average Bonchev–Trinajstić information content (AvgIpc) is 2.34. The van der Waals surface area contributed by atoms with Gasteiger partial charge in [-0.25, -0.2) is 0 Å². The second-order valence-electron chi connectivity index (χ2n) is 2.13. The number of aryl methyl sites for hydroxylation is 1. The van der Waals surface area contributed by atoms with Crippen LogP contribution in [0.2, 0.25) is 0 Å². The SMILES string of the molecule is [2H]C(=O)NC(C)c1nnc(C)s1. The Kier molecular flexibility index (Phi) is 2.10. The Labute approximate surface area is 70.1 Å². The predicted molar refractivity (Wildman–Crippen MR) is 42.3 cm³/mol. The molecule has 11 heavy (non-hydrogen) atoms. The van der Waals surface area contributed by atoms with Crippen LogP contribution in [0, 0.1) is 6.92 Å². The third-order valence-electron chi connectivity index (χ3n) is 1.19. The molecule has 0 aromatic carbocycles. The molecule has 1 aromatic rings. The molecule has 1 aromatic heterocycles. The smallest absolute Gasteiger partial charge is 0.207 e. The van der Waals surface area contributed by atoms with Crippen LogP contribution in [-0.2, 0) is 4.79 Å². The Morgan fingerprint density at radius 2 is 2.55 bits per heavy atom. The summed E-state index contributed by atoms with van der Waals surface area (Å²) in [5.41, 5.74) is 0. The topological polar surface area (TPSA) is 54.9 Å². The Morgan fingerprint density at radius 3 is 3.00 bits per heavy atom. The first kappa shape index (κ1) is 6.72. The summed E-state index contributed by atoms with van der Waals surface area (Å²) >= 11 is 1.42. The molecule has 0 bridgehead atoms. The molecule has 1 amide bonds. The highest BCUT2D eigenvalue weighted by Crippen LogP contribution is 2.15. The fourth-order valence-corrected chi connectivity index (χ4v) is 1.34. The standard InChI is InChI=1S/C6H9N3OS/c1-4(7-3-10)6-9-8-5(2)11-6/h3-4H,1-2H3,(H,7,10)/i3D. The Balaban J connectivity index is 2.64. The van der Waals surface area contributed by atoms with Crippen molar-refractivity contribution in [3.05, 3.63) is 10.0 Å². The molecule has 0 saturated carbocycles. The van der Waals surface area contributed by atoms with Crippen molar-refractivity contribution in [3.63, 3.8) is 0 Å². The third kappa shape index (κ3) is 1.98. The number of carbonyl (C=O) groups excluding carboxylic acids is 1. The van der Waals surface area contributed by atoms with Crippen molar-refractivity contribution >= 4 is 17.7 Å². The van der Waals surface area contributed by atoms with Gasteiger partial charge in [0, 0.05) is 0 Å². The van der Waals surface area contributed by atoms with E-state index in [2.05, 4.69) is 15.5 Å². The molecule has 60 valence electrons. The van der Waals surface area contributed by atoms with Gasteiger partial charge in [-0.15, -0.1) is 10.2 Å². The van der Waals surface area contributed by atoms with E-state index < -0.39 is 6.39 Å². The van der Waals surface area contributed by atoms with Crippen LogP contribution < -0.4 is 5.32 Å². The van der Waals surface area contributed by atoms with Gasteiger partial charge in [0.2, 0.25) is 6.39 Å². The fourth-order valence-electron chi connectivity index (χ4n) is 0.637. The van der Waals surface area contributed by atoms with E-state index in [4.69, 9.17) is 1.37 Å². The zero-order chi connectivity index (χ0) is 9.14. The van der Waals surface area contributed by atoms with Crippen LogP contribution in [-0.4, -0.2) is 16.6 Å². The summed E-state index contributed by atoms with van der Waals surface area (Å²) in [5.74, 6) is 0. The van der Waals surface area contributed by atoms with E-state index in [1.54, 1.807) is 6.92 Å². The maximum atomic E-state index is 10.3. The first-order chi connectivity index (χ1) is 5.59. The number of nitrogens with zero attached hydrogens (tertiary/aromatic N) is 2. The van der Waals surface area contributed by atoms with Gasteiger partial charge in [0.05, 0.1) is 6.04 Å². The molecule has 0 aliphatic rings. The minimum atomic E-state index is -0.796. The number of rotatable bonds is 2. The fraction of sp³-hybridized carbons (Fsp3) is 0.500. The van der Waals surface area contributed by atoms with E-state index >= 15 is 0 Å². The van der Waals surface area contributed by atoms with Gasteiger partial charge in [-0.2, -0.15) is 0 Å². The van der Waals surface area contributed by atoms with Crippen LogP contribution in [0.3, 0.4) is 0 Å². The van der Waals surface area contributed by atoms with Crippen molar-refractivity contribution in [1.29, 1.82) is 0 Å². The molecule has 0 spiro atoms. The number of hydrogen-bond acceptors (Lipinski definition) is 4. The molecule has 0 radical (unpaired) electrons. The van der Waals surface area contributed by atoms with Crippen molar-refractivity contribution < 1.29 is 6.17 Å². The summed E-state index contributed by atoms with van der Waals surface area (Å²) in [5, 5.41) is 11.6. The zero-order valence-electron chi connectivity index (χ0n) is 7.29. The number of nitrogens with one attached hydrogen (secondary N) is 1. The maximum Gasteiger partial charge on any atom is 0.207 e. The van der Waals surface area contributed by atoms with E-state index in [1.807, 2.05) is 6.92 Å². The predicted octanol–water partition coefficient (Wildman–Crippen LogP) is 0.654. The molecule has 1 N–H and O–H groups in total. The number of hydrogen-bond donors (Lipinski definition) is 1. The van der Waals surface area contributed by atoms with Crippen LogP contribution in [0.5, 0.6) is 0 Å². The van der Waals surface area contributed by atoms with E-state index in [0.717, 1.165) is 10.0 Å². The van der Waals surface area contributed by atoms with E-state index in [9.17, 15) is 4.79 Å². The number of carbonyl (C=O) groups is 1. The third-order valence-corrected chi connectivity index (χ3v) is 2.21. The summed E-state index contributed by atoms with van der Waals surface area (Å²) in [4.78, 5) is 10.3. The molecule has 0 saturated heterocycles. The Hall–Kier alpha value is -0.970. The molecule has 0 fully saturated rings. The lowest BCUT2D eigenvalue weighted by atomic mass is 10.4.